The zero-order valence-electron chi connectivity index (χ0n) is 19.0. The van der Waals surface area contributed by atoms with Gasteiger partial charge < -0.3 is 5.32 Å². The molecule has 7 nitrogen and oxygen atoms in total. The summed E-state index contributed by atoms with van der Waals surface area (Å²) < 4.78 is 28.3. The molecule has 1 amide bonds. The fraction of sp³-hybridized carbons (Fsp3) is 0.480. The second-order valence-corrected chi connectivity index (χ2v) is 12.1. The molecule has 180 valence electrons. The van der Waals surface area contributed by atoms with Crippen molar-refractivity contribution in [2.45, 2.75) is 44.9 Å². The van der Waals surface area contributed by atoms with E-state index in [0.717, 1.165) is 12.1 Å². The molecule has 5 rings (SSSR count). The normalized spacial score (nSPS) is 26.9. The fourth-order valence-electron chi connectivity index (χ4n) is 5.73. The smallest absolute Gasteiger partial charge is 0.240 e. The van der Waals surface area contributed by atoms with E-state index in [1.54, 1.807) is 24.5 Å². The van der Waals surface area contributed by atoms with Crippen molar-refractivity contribution in [3.63, 3.8) is 0 Å². The van der Waals surface area contributed by atoms with Crippen LogP contribution in [0.5, 0.6) is 0 Å². The Kier molecular flexibility index (Phi) is 6.68. The molecule has 0 bridgehead atoms. The second kappa shape index (κ2) is 9.71. The Morgan fingerprint density at radius 2 is 2.03 bits per heavy atom. The van der Waals surface area contributed by atoms with E-state index >= 15 is 0 Å². The van der Waals surface area contributed by atoms with E-state index in [0.29, 0.717) is 29.8 Å². The molecule has 2 saturated carbocycles. The van der Waals surface area contributed by atoms with Crippen LogP contribution >= 0.6 is 11.3 Å². The number of anilines is 1. The SMILES string of the molecule is O=C(Nc1nccs1)[C@]1(C2C=CC(S(=O)(=O)NCCc3ccccn3)=CC2)C[C@H]1C1CCCC1. The number of hydrogen-bond acceptors (Lipinski definition) is 6. The summed E-state index contributed by atoms with van der Waals surface area (Å²) in [6.07, 6.45) is 15.6. The Morgan fingerprint density at radius 1 is 1.18 bits per heavy atom. The van der Waals surface area contributed by atoms with Crippen molar-refractivity contribution >= 4 is 32.4 Å². The molecule has 9 heteroatoms. The molecule has 2 aromatic heterocycles. The highest BCUT2D eigenvalue weighted by Crippen LogP contribution is 2.65. The number of hydrogen-bond donors (Lipinski definition) is 2. The number of sulfonamides is 1. The molecular weight excluding hydrogens is 468 g/mol. The number of pyridine rings is 1. The lowest BCUT2D eigenvalue weighted by molar-refractivity contribution is -0.123. The lowest BCUT2D eigenvalue weighted by atomic mass is 9.78. The van der Waals surface area contributed by atoms with Crippen LogP contribution in [0.25, 0.3) is 0 Å². The largest absolute Gasteiger partial charge is 0.301 e. The highest BCUT2D eigenvalue weighted by atomic mass is 32.2. The van der Waals surface area contributed by atoms with Crippen molar-refractivity contribution < 1.29 is 13.2 Å². The highest BCUT2D eigenvalue weighted by Gasteiger charge is 2.65. The summed E-state index contributed by atoms with van der Waals surface area (Å²) in [7, 11) is -3.60. The first-order valence-electron chi connectivity index (χ1n) is 12.0. The van der Waals surface area contributed by atoms with Crippen LogP contribution in [0.2, 0.25) is 0 Å². The third kappa shape index (κ3) is 4.74. The van der Waals surface area contributed by atoms with Crippen LogP contribution in [0, 0.1) is 23.2 Å². The average molecular weight is 499 g/mol. The van der Waals surface area contributed by atoms with Crippen molar-refractivity contribution in [2.75, 3.05) is 11.9 Å². The maximum absolute atomic E-state index is 13.5. The lowest BCUT2D eigenvalue weighted by Gasteiger charge is -2.28. The van der Waals surface area contributed by atoms with Crippen molar-refractivity contribution in [1.29, 1.82) is 0 Å². The summed E-state index contributed by atoms with van der Waals surface area (Å²) in [5.74, 6) is 0.957. The monoisotopic (exact) mass is 498 g/mol. The molecule has 34 heavy (non-hydrogen) atoms. The predicted molar refractivity (Wildman–Crippen MR) is 133 cm³/mol. The number of thiazole rings is 1. The first-order valence-corrected chi connectivity index (χ1v) is 14.3. The van der Waals surface area contributed by atoms with Crippen LogP contribution in [0.1, 0.15) is 44.2 Å². The van der Waals surface area contributed by atoms with Crippen molar-refractivity contribution in [3.05, 3.63) is 64.8 Å². The summed E-state index contributed by atoms with van der Waals surface area (Å²) in [5.41, 5.74) is 0.369. The molecule has 0 radical (unpaired) electrons. The summed E-state index contributed by atoms with van der Waals surface area (Å²) in [5, 5.41) is 5.51. The van der Waals surface area contributed by atoms with Crippen LogP contribution in [-0.4, -0.2) is 30.8 Å². The van der Waals surface area contributed by atoms with Crippen molar-refractivity contribution in [3.8, 4) is 0 Å². The van der Waals surface area contributed by atoms with Gasteiger partial charge >= 0.3 is 0 Å². The number of amides is 1. The minimum absolute atomic E-state index is 0.00877. The first kappa shape index (κ1) is 23.4. The topological polar surface area (TPSA) is 101 Å². The molecule has 3 aliphatic rings. The van der Waals surface area contributed by atoms with Gasteiger partial charge in [0.05, 0.1) is 10.3 Å². The third-order valence-corrected chi connectivity index (χ3v) is 9.74. The molecule has 0 saturated heterocycles. The zero-order valence-corrected chi connectivity index (χ0v) is 20.7. The number of carbonyl (C=O) groups is 1. The van der Waals surface area contributed by atoms with Gasteiger partial charge in [0, 0.05) is 36.4 Å². The first-order chi connectivity index (χ1) is 16.5. The molecule has 2 fully saturated rings. The van der Waals surface area contributed by atoms with Crippen molar-refractivity contribution in [1.82, 2.24) is 14.7 Å². The maximum atomic E-state index is 13.5. The molecule has 0 aromatic carbocycles. The Hall–Kier alpha value is -2.36. The van der Waals surface area contributed by atoms with Crippen LogP contribution in [-0.2, 0) is 21.2 Å². The Bertz CT molecular complexity index is 1170. The van der Waals surface area contributed by atoms with Gasteiger partial charge in [0.2, 0.25) is 15.9 Å². The lowest BCUT2D eigenvalue weighted by Crippen LogP contribution is -2.34. The number of allylic oxidation sites excluding steroid dienone is 3. The molecule has 2 aromatic rings. The van der Waals surface area contributed by atoms with Gasteiger partial charge in [0.1, 0.15) is 0 Å². The Morgan fingerprint density at radius 3 is 2.71 bits per heavy atom. The maximum Gasteiger partial charge on any atom is 0.240 e. The van der Waals surface area contributed by atoms with Crippen LogP contribution in [0.3, 0.4) is 0 Å². The number of nitrogens with one attached hydrogen (secondary N) is 2. The third-order valence-electron chi connectivity index (χ3n) is 7.54. The van der Waals surface area contributed by atoms with Crippen molar-refractivity contribution in [2.24, 2.45) is 23.2 Å². The summed E-state index contributed by atoms with van der Waals surface area (Å²) in [4.78, 5) is 22.2. The minimum atomic E-state index is -3.60. The zero-order chi connectivity index (χ0) is 23.6. The number of carbonyl (C=O) groups excluding carboxylic acids is 1. The molecule has 3 aliphatic carbocycles. The van der Waals surface area contributed by atoms with Gasteiger partial charge in [-0.05, 0) is 48.8 Å². The molecule has 2 heterocycles. The van der Waals surface area contributed by atoms with E-state index in [-0.39, 0.29) is 23.3 Å². The number of rotatable bonds is 9. The van der Waals surface area contributed by atoms with Gasteiger partial charge in [0.15, 0.2) is 5.13 Å². The van der Waals surface area contributed by atoms with Crippen LogP contribution in [0.15, 0.2) is 59.1 Å². The quantitative estimate of drug-likeness (QED) is 0.537. The Labute approximate surface area is 204 Å². The molecular formula is C25H30N4O3S2. The Balaban J connectivity index is 1.26. The van der Waals surface area contributed by atoms with E-state index in [2.05, 4.69) is 20.0 Å². The number of aromatic nitrogens is 2. The van der Waals surface area contributed by atoms with Gasteiger partial charge in [-0.2, -0.15) is 0 Å². The summed E-state index contributed by atoms with van der Waals surface area (Å²) in [6, 6.07) is 5.61. The fourth-order valence-corrected chi connectivity index (χ4v) is 7.37. The average Bonchev–Trinajstić information content (AvgIpc) is 3.18. The van der Waals surface area contributed by atoms with E-state index in [4.69, 9.17) is 0 Å². The predicted octanol–water partition coefficient (Wildman–Crippen LogP) is 4.30. The van der Waals surface area contributed by atoms with E-state index < -0.39 is 15.4 Å². The minimum Gasteiger partial charge on any atom is -0.301 e. The van der Waals surface area contributed by atoms with Gasteiger partial charge in [-0.3, -0.25) is 9.78 Å². The van der Waals surface area contributed by atoms with E-state index in [1.165, 1.54) is 37.0 Å². The van der Waals surface area contributed by atoms with Crippen LogP contribution in [0.4, 0.5) is 5.13 Å². The molecule has 0 spiro atoms. The molecule has 2 N–H and O–H groups in total. The van der Waals surface area contributed by atoms with Gasteiger partial charge in [0.25, 0.3) is 0 Å². The molecule has 3 atom stereocenters. The standard InChI is InChI=1S/C25H30N4O3S2/c30-23(29-24-27-15-16-33-24)25(17-22(25)18-5-1-2-6-18)19-8-10-21(11-9-19)34(31,32)28-14-12-20-7-3-4-13-26-20/h3-4,7-8,10-11,13,15-16,18-19,22,28H,1-2,5-6,9,12,14,17H2,(H,27,29,30)/t19?,22-,25-/m0/s1. The molecule has 0 aliphatic heterocycles. The second-order valence-electron chi connectivity index (χ2n) is 9.46. The van der Waals surface area contributed by atoms with Gasteiger partial charge in [-0.15, -0.1) is 11.3 Å². The number of nitrogens with zero attached hydrogens (tertiary/aromatic N) is 2. The summed E-state index contributed by atoms with van der Waals surface area (Å²) >= 11 is 1.42. The van der Waals surface area contributed by atoms with E-state index in [9.17, 15) is 13.2 Å². The summed E-state index contributed by atoms with van der Waals surface area (Å²) in [6.45, 7) is 0.290. The van der Waals surface area contributed by atoms with E-state index in [1.807, 2.05) is 29.7 Å². The van der Waals surface area contributed by atoms with Crippen LogP contribution < -0.4 is 10.0 Å². The molecule has 1 unspecified atom stereocenters. The van der Waals surface area contributed by atoms with Gasteiger partial charge in [-0.1, -0.05) is 43.9 Å². The highest BCUT2D eigenvalue weighted by molar-refractivity contribution is 7.93. The van der Waals surface area contributed by atoms with Gasteiger partial charge in [-0.25, -0.2) is 18.1 Å².